The van der Waals surface area contributed by atoms with E-state index in [0.29, 0.717) is 13.0 Å². The molecule has 0 radical (unpaired) electrons. The van der Waals surface area contributed by atoms with Gasteiger partial charge in [-0.25, -0.2) is 0 Å². The van der Waals surface area contributed by atoms with E-state index < -0.39 is 0 Å². The lowest BCUT2D eigenvalue weighted by Gasteiger charge is -2.34. The Labute approximate surface area is 196 Å². The number of nitrogens with two attached hydrogens (primary N) is 1. The van der Waals surface area contributed by atoms with Crippen LogP contribution in [0.15, 0.2) is 29.3 Å². The van der Waals surface area contributed by atoms with Crippen LogP contribution in [-0.4, -0.2) is 60.8 Å². The summed E-state index contributed by atoms with van der Waals surface area (Å²) in [5.74, 6) is 0.994. The number of carbonyl (C=O) groups is 2. The quantitative estimate of drug-likeness (QED) is 0.350. The van der Waals surface area contributed by atoms with Crippen molar-refractivity contribution in [1.29, 1.82) is 0 Å². The van der Waals surface area contributed by atoms with Crippen LogP contribution in [0.2, 0.25) is 0 Å². The fourth-order valence-electron chi connectivity index (χ4n) is 4.32. The monoisotopic (exact) mass is 527 g/mol. The number of aliphatic imine (C=N–C) groups is 1. The zero-order valence-corrected chi connectivity index (χ0v) is 20.1. The van der Waals surface area contributed by atoms with Gasteiger partial charge in [-0.2, -0.15) is 0 Å². The van der Waals surface area contributed by atoms with Crippen LogP contribution in [0.1, 0.15) is 54.4 Å². The molecule has 0 saturated carbocycles. The third kappa shape index (κ3) is 6.85. The molecule has 1 aromatic rings. The number of primary amides is 1. The van der Waals surface area contributed by atoms with Crippen molar-refractivity contribution in [3.63, 3.8) is 0 Å². The molecule has 166 valence electrons. The van der Waals surface area contributed by atoms with Crippen molar-refractivity contribution in [2.75, 3.05) is 33.2 Å². The highest BCUT2D eigenvalue weighted by Gasteiger charge is 2.23. The van der Waals surface area contributed by atoms with E-state index in [4.69, 9.17) is 5.73 Å². The van der Waals surface area contributed by atoms with E-state index in [0.717, 1.165) is 68.9 Å². The van der Waals surface area contributed by atoms with Gasteiger partial charge in [0.1, 0.15) is 0 Å². The Bertz CT molecular complexity index is 749. The number of hydrogen-bond acceptors (Lipinski definition) is 3. The Morgan fingerprint density at radius 2 is 1.87 bits per heavy atom. The number of benzene rings is 1. The number of hydrogen-bond donors (Lipinski definition) is 2. The van der Waals surface area contributed by atoms with Gasteiger partial charge in [-0.1, -0.05) is 12.1 Å². The van der Waals surface area contributed by atoms with Crippen LogP contribution in [0.25, 0.3) is 0 Å². The smallest absolute Gasteiger partial charge is 0.253 e. The van der Waals surface area contributed by atoms with Gasteiger partial charge < -0.3 is 20.9 Å². The maximum Gasteiger partial charge on any atom is 0.253 e. The molecule has 1 aromatic carbocycles. The first kappa shape index (κ1) is 24.4. The Morgan fingerprint density at radius 3 is 2.57 bits per heavy atom. The van der Waals surface area contributed by atoms with Crippen LogP contribution >= 0.6 is 24.0 Å². The van der Waals surface area contributed by atoms with Gasteiger partial charge in [0.15, 0.2) is 5.96 Å². The summed E-state index contributed by atoms with van der Waals surface area (Å²) in [6, 6.07) is 7.84. The van der Waals surface area contributed by atoms with Crippen molar-refractivity contribution in [1.82, 2.24) is 15.1 Å². The lowest BCUT2D eigenvalue weighted by atomic mass is 9.95. The van der Waals surface area contributed by atoms with Gasteiger partial charge in [0.2, 0.25) is 5.91 Å². The van der Waals surface area contributed by atoms with Crippen molar-refractivity contribution in [3.05, 3.63) is 35.4 Å². The number of carbonyl (C=O) groups excluding carboxylic acids is 2. The number of halogens is 1. The maximum absolute atomic E-state index is 12.8. The number of rotatable bonds is 5. The molecule has 0 aliphatic carbocycles. The lowest BCUT2D eigenvalue weighted by Crippen LogP contribution is -2.46. The zero-order valence-electron chi connectivity index (χ0n) is 17.8. The first-order valence-corrected chi connectivity index (χ1v) is 10.7. The number of nitrogens with zero attached hydrogens (tertiary/aromatic N) is 3. The molecule has 1 atom stereocenters. The van der Waals surface area contributed by atoms with E-state index in [1.54, 1.807) is 7.05 Å². The Balaban J connectivity index is 0.00000320. The first-order valence-electron chi connectivity index (χ1n) is 10.7. The summed E-state index contributed by atoms with van der Waals surface area (Å²) in [6.07, 6.45) is 5.87. The van der Waals surface area contributed by atoms with Crippen LogP contribution in [0, 0.1) is 5.92 Å². The second kappa shape index (κ2) is 12.1. The molecular formula is C22H34IN5O2. The second-order valence-electron chi connectivity index (χ2n) is 8.08. The van der Waals surface area contributed by atoms with E-state index >= 15 is 0 Å². The summed E-state index contributed by atoms with van der Waals surface area (Å²) >= 11 is 0. The molecule has 2 fully saturated rings. The normalized spacial score (nSPS) is 19.8. The van der Waals surface area contributed by atoms with E-state index in [1.165, 1.54) is 6.42 Å². The molecule has 3 rings (SSSR count). The topological polar surface area (TPSA) is 91.0 Å². The summed E-state index contributed by atoms with van der Waals surface area (Å²) in [6.45, 7) is 4.02. The molecule has 1 unspecified atom stereocenters. The molecule has 0 bridgehead atoms. The second-order valence-corrected chi connectivity index (χ2v) is 8.08. The van der Waals surface area contributed by atoms with E-state index in [-0.39, 0.29) is 41.7 Å². The molecular weight excluding hydrogens is 493 g/mol. The minimum absolute atomic E-state index is 0. The van der Waals surface area contributed by atoms with Gasteiger partial charge in [0, 0.05) is 51.8 Å². The van der Waals surface area contributed by atoms with Gasteiger partial charge in [-0.05, 0) is 55.7 Å². The van der Waals surface area contributed by atoms with E-state index in [1.807, 2.05) is 29.2 Å². The largest absolute Gasteiger partial charge is 0.370 e. The fourth-order valence-corrected chi connectivity index (χ4v) is 4.32. The van der Waals surface area contributed by atoms with Gasteiger partial charge in [-0.3, -0.25) is 14.6 Å². The Hall–Kier alpha value is -1.84. The molecule has 0 aromatic heterocycles. The summed E-state index contributed by atoms with van der Waals surface area (Å²) in [7, 11) is 1.77. The third-order valence-corrected chi connectivity index (χ3v) is 5.79. The predicted molar refractivity (Wildman–Crippen MR) is 130 cm³/mol. The van der Waals surface area contributed by atoms with Crippen molar-refractivity contribution in [3.8, 4) is 0 Å². The van der Waals surface area contributed by atoms with Crippen LogP contribution in [0.5, 0.6) is 0 Å². The summed E-state index contributed by atoms with van der Waals surface area (Å²) in [4.78, 5) is 32.6. The fraction of sp³-hybridized carbons (Fsp3) is 0.591. The van der Waals surface area contributed by atoms with Gasteiger partial charge >= 0.3 is 0 Å². The molecule has 8 heteroatoms. The Morgan fingerprint density at radius 1 is 1.13 bits per heavy atom. The van der Waals surface area contributed by atoms with Crippen LogP contribution in [0.4, 0.5) is 0 Å². The SMILES string of the molecule is CN=C(NCc1cccc(C(=O)N2CCCCC2)c1)N1CCCC(CC(N)=O)C1.I. The third-order valence-electron chi connectivity index (χ3n) is 5.79. The van der Waals surface area contributed by atoms with Gasteiger partial charge in [0.05, 0.1) is 0 Å². The molecule has 2 heterocycles. The highest BCUT2D eigenvalue weighted by atomic mass is 127. The molecule has 2 aliphatic heterocycles. The molecule has 7 nitrogen and oxygen atoms in total. The van der Waals surface area contributed by atoms with Crippen molar-refractivity contribution in [2.24, 2.45) is 16.6 Å². The number of nitrogens with one attached hydrogen (secondary N) is 1. The van der Waals surface area contributed by atoms with Crippen molar-refractivity contribution < 1.29 is 9.59 Å². The molecule has 2 saturated heterocycles. The minimum atomic E-state index is -0.241. The molecule has 2 aliphatic rings. The van der Waals surface area contributed by atoms with E-state index in [9.17, 15) is 9.59 Å². The molecule has 2 amide bonds. The standard InChI is InChI=1S/C22H33N5O2.HI/c1-24-22(27-12-6-8-18(16-27)14-20(23)28)25-15-17-7-5-9-19(13-17)21(29)26-10-3-2-4-11-26;/h5,7,9,13,18H,2-4,6,8,10-12,14-16H2,1H3,(H2,23,28)(H,24,25);1H. The van der Waals surface area contributed by atoms with Crippen LogP contribution in [0.3, 0.4) is 0 Å². The predicted octanol–water partition coefficient (Wildman–Crippen LogP) is 2.59. The van der Waals surface area contributed by atoms with Crippen LogP contribution < -0.4 is 11.1 Å². The zero-order chi connectivity index (χ0) is 20.6. The average molecular weight is 527 g/mol. The number of piperidine rings is 2. The number of guanidine groups is 1. The van der Waals surface area contributed by atoms with Crippen molar-refractivity contribution >= 4 is 41.8 Å². The summed E-state index contributed by atoms with van der Waals surface area (Å²) in [5.41, 5.74) is 7.18. The molecule has 3 N–H and O–H groups in total. The lowest BCUT2D eigenvalue weighted by molar-refractivity contribution is -0.119. The maximum atomic E-state index is 12.8. The highest BCUT2D eigenvalue weighted by molar-refractivity contribution is 14.0. The average Bonchev–Trinajstić information content (AvgIpc) is 2.74. The minimum Gasteiger partial charge on any atom is -0.370 e. The number of likely N-dealkylation sites (tertiary alicyclic amines) is 2. The highest BCUT2D eigenvalue weighted by Crippen LogP contribution is 2.19. The molecule has 0 spiro atoms. The summed E-state index contributed by atoms with van der Waals surface area (Å²) < 4.78 is 0. The molecule has 30 heavy (non-hydrogen) atoms. The van der Waals surface area contributed by atoms with Crippen LogP contribution in [-0.2, 0) is 11.3 Å². The summed E-state index contributed by atoms with van der Waals surface area (Å²) in [5, 5.41) is 3.41. The van der Waals surface area contributed by atoms with Crippen molar-refractivity contribution in [2.45, 2.75) is 45.1 Å². The first-order chi connectivity index (χ1) is 14.1. The number of amides is 2. The van der Waals surface area contributed by atoms with Gasteiger partial charge in [0.25, 0.3) is 5.91 Å². The van der Waals surface area contributed by atoms with E-state index in [2.05, 4.69) is 15.2 Å². The Kier molecular flexibility index (Phi) is 9.87. The van der Waals surface area contributed by atoms with Gasteiger partial charge in [-0.15, -0.1) is 24.0 Å².